The Morgan fingerprint density at radius 1 is 1.03 bits per heavy atom. The summed E-state index contributed by atoms with van der Waals surface area (Å²) in [7, 11) is 0. The number of hydrogen-bond donors (Lipinski definition) is 1. The lowest BCUT2D eigenvalue weighted by atomic mass is 9.94. The average Bonchev–Trinajstić information content (AvgIpc) is 2.81. The van der Waals surface area contributed by atoms with E-state index in [-0.39, 0.29) is 17.5 Å². The lowest BCUT2D eigenvalue weighted by Gasteiger charge is -2.26. The van der Waals surface area contributed by atoms with Gasteiger partial charge in [0.05, 0.1) is 11.3 Å². The first-order valence-corrected chi connectivity index (χ1v) is 10.7. The summed E-state index contributed by atoms with van der Waals surface area (Å²) in [5, 5.41) is 20.5. The van der Waals surface area contributed by atoms with E-state index in [1.165, 1.54) is 4.57 Å². The summed E-state index contributed by atoms with van der Waals surface area (Å²) in [6.45, 7) is 1.69. The number of nitrogens with zero attached hydrogens (tertiary/aromatic N) is 3. The number of aromatic hydroxyl groups is 1. The molecule has 1 fully saturated rings. The van der Waals surface area contributed by atoms with E-state index in [9.17, 15) is 15.2 Å². The zero-order chi connectivity index (χ0) is 21.8. The summed E-state index contributed by atoms with van der Waals surface area (Å²) in [6.07, 6.45) is 6.39. The van der Waals surface area contributed by atoms with Gasteiger partial charge in [0, 0.05) is 12.3 Å². The second kappa shape index (κ2) is 9.01. The van der Waals surface area contributed by atoms with Gasteiger partial charge in [0.1, 0.15) is 11.6 Å². The van der Waals surface area contributed by atoms with Gasteiger partial charge in [-0.2, -0.15) is 5.26 Å². The van der Waals surface area contributed by atoms with Gasteiger partial charge in [-0.25, -0.2) is 0 Å². The lowest BCUT2D eigenvalue weighted by Crippen LogP contribution is -2.30. The molecule has 1 heterocycles. The average molecular weight is 412 g/mol. The molecule has 0 saturated heterocycles. The molecule has 1 aliphatic rings. The van der Waals surface area contributed by atoms with Gasteiger partial charge in [0.15, 0.2) is 0 Å². The minimum absolute atomic E-state index is 0.0734. The molecule has 3 aromatic rings. The summed E-state index contributed by atoms with van der Waals surface area (Å²) >= 11 is 0. The van der Waals surface area contributed by atoms with E-state index in [1.54, 1.807) is 13.1 Å². The number of rotatable bonds is 4. The SMILES string of the molecule is Cc1c(C=Nc2ccc(-c3ccccc3)cc2)c(O)n(C2CCCCC2)c(=O)c1C#N. The standard InChI is InChI=1S/C26H25N3O2/c1-18-23(16-27)25(30)29(22-10-6-3-7-11-22)26(31)24(18)17-28-21-14-12-20(13-15-21)19-8-4-2-5-9-19/h2,4-5,8-9,12-15,17,22,31H,3,6-7,10-11H2,1H3. The molecule has 156 valence electrons. The Bertz CT molecular complexity index is 1200. The fourth-order valence-electron chi connectivity index (χ4n) is 4.28. The third kappa shape index (κ3) is 4.15. The van der Waals surface area contributed by atoms with E-state index >= 15 is 0 Å². The molecule has 0 aliphatic heterocycles. The Balaban J connectivity index is 1.70. The zero-order valence-corrected chi connectivity index (χ0v) is 17.6. The van der Waals surface area contributed by atoms with E-state index in [4.69, 9.17) is 0 Å². The highest BCUT2D eigenvalue weighted by Crippen LogP contribution is 2.32. The van der Waals surface area contributed by atoms with Crippen LogP contribution in [0.5, 0.6) is 5.88 Å². The Morgan fingerprint density at radius 2 is 1.68 bits per heavy atom. The molecule has 0 spiro atoms. The van der Waals surface area contributed by atoms with E-state index in [1.807, 2.05) is 48.5 Å². The zero-order valence-electron chi connectivity index (χ0n) is 17.6. The quantitative estimate of drug-likeness (QED) is 0.563. The second-order valence-electron chi connectivity index (χ2n) is 7.99. The molecule has 5 nitrogen and oxygen atoms in total. The topological polar surface area (TPSA) is 78.4 Å². The van der Waals surface area contributed by atoms with Crippen LogP contribution in [0.15, 0.2) is 64.4 Å². The third-order valence-corrected chi connectivity index (χ3v) is 6.05. The first kappa shape index (κ1) is 20.6. The number of hydrogen-bond acceptors (Lipinski definition) is 4. The number of aliphatic imine (C=N–C) groups is 1. The van der Waals surface area contributed by atoms with Crippen molar-refractivity contribution in [1.82, 2.24) is 4.57 Å². The van der Waals surface area contributed by atoms with Gasteiger partial charge in [-0.3, -0.25) is 14.4 Å². The maximum atomic E-state index is 12.9. The van der Waals surface area contributed by atoms with E-state index in [0.717, 1.165) is 48.9 Å². The van der Waals surface area contributed by atoms with Crippen molar-refractivity contribution in [1.29, 1.82) is 5.26 Å². The summed E-state index contributed by atoms with van der Waals surface area (Å²) < 4.78 is 1.41. The van der Waals surface area contributed by atoms with Gasteiger partial charge in [-0.15, -0.1) is 0 Å². The second-order valence-corrected chi connectivity index (χ2v) is 7.99. The minimum atomic E-state index is -0.409. The van der Waals surface area contributed by atoms with Crippen LogP contribution in [0.3, 0.4) is 0 Å². The van der Waals surface area contributed by atoms with Gasteiger partial charge in [0.2, 0.25) is 5.88 Å². The summed E-state index contributed by atoms with van der Waals surface area (Å²) in [5.41, 5.74) is 3.50. The Hall–Kier alpha value is -3.65. The number of pyridine rings is 1. The molecule has 0 unspecified atom stereocenters. The van der Waals surface area contributed by atoms with Crippen molar-refractivity contribution in [3.63, 3.8) is 0 Å². The van der Waals surface area contributed by atoms with E-state index in [0.29, 0.717) is 11.1 Å². The van der Waals surface area contributed by atoms with Crippen molar-refractivity contribution in [2.24, 2.45) is 4.99 Å². The van der Waals surface area contributed by atoms with Crippen LogP contribution in [0.4, 0.5) is 5.69 Å². The largest absolute Gasteiger partial charge is 0.494 e. The van der Waals surface area contributed by atoms with Gasteiger partial charge in [-0.05, 0) is 48.6 Å². The molecule has 0 atom stereocenters. The van der Waals surface area contributed by atoms with Crippen LogP contribution < -0.4 is 5.56 Å². The van der Waals surface area contributed by atoms with Crippen LogP contribution in [0, 0.1) is 18.3 Å². The number of benzene rings is 2. The fraction of sp³-hybridized carbons (Fsp3) is 0.269. The minimum Gasteiger partial charge on any atom is -0.494 e. The van der Waals surface area contributed by atoms with Crippen LogP contribution in [0.2, 0.25) is 0 Å². The Labute approximate surface area is 181 Å². The van der Waals surface area contributed by atoms with Crippen molar-refractivity contribution in [2.75, 3.05) is 0 Å². The van der Waals surface area contributed by atoms with Gasteiger partial charge in [-0.1, -0.05) is 61.7 Å². The maximum Gasteiger partial charge on any atom is 0.271 e. The lowest BCUT2D eigenvalue weighted by molar-refractivity contribution is 0.303. The van der Waals surface area contributed by atoms with E-state index in [2.05, 4.69) is 17.1 Å². The van der Waals surface area contributed by atoms with Crippen molar-refractivity contribution in [2.45, 2.75) is 45.1 Å². The van der Waals surface area contributed by atoms with Crippen LogP contribution in [-0.4, -0.2) is 15.9 Å². The Morgan fingerprint density at radius 3 is 2.32 bits per heavy atom. The van der Waals surface area contributed by atoms with Crippen LogP contribution in [0.25, 0.3) is 11.1 Å². The third-order valence-electron chi connectivity index (χ3n) is 6.05. The fourth-order valence-corrected chi connectivity index (χ4v) is 4.28. The van der Waals surface area contributed by atoms with Crippen molar-refractivity contribution in [3.05, 3.63) is 81.6 Å². The van der Waals surface area contributed by atoms with Gasteiger partial charge >= 0.3 is 0 Å². The van der Waals surface area contributed by atoms with Crippen LogP contribution in [0.1, 0.15) is 54.8 Å². The monoisotopic (exact) mass is 411 g/mol. The summed E-state index contributed by atoms with van der Waals surface area (Å²) in [6, 6.07) is 19.9. The maximum absolute atomic E-state index is 12.9. The first-order valence-electron chi connectivity index (χ1n) is 10.7. The van der Waals surface area contributed by atoms with Crippen molar-refractivity contribution >= 4 is 11.9 Å². The normalized spacial score (nSPS) is 14.6. The van der Waals surface area contributed by atoms with Crippen molar-refractivity contribution < 1.29 is 5.11 Å². The van der Waals surface area contributed by atoms with Crippen molar-refractivity contribution in [3.8, 4) is 23.1 Å². The molecular weight excluding hydrogens is 386 g/mol. The number of aromatic nitrogens is 1. The predicted molar refractivity (Wildman–Crippen MR) is 123 cm³/mol. The highest BCUT2D eigenvalue weighted by Gasteiger charge is 2.24. The van der Waals surface area contributed by atoms with Crippen LogP contribution in [-0.2, 0) is 0 Å². The Kier molecular flexibility index (Phi) is 5.99. The molecule has 0 bridgehead atoms. The smallest absolute Gasteiger partial charge is 0.271 e. The van der Waals surface area contributed by atoms with E-state index < -0.39 is 5.56 Å². The molecule has 0 radical (unpaired) electrons. The molecule has 1 saturated carbocycles. The highest BCUT2D eigenvalue weighted by atomic mass is 16.3. The molecule has 31 heavy (non-hydrogen) atoms. The molecule has 2 aromatic carbocycles. The highest BCUT2D eigenvalue weighted by molar-refractivity contribution is 5.87. The predicted octanol–water partition coefficient (Wildman–Crippen LogP) is 5.66. The van der Waals surface area contributed by atoms with Gasteiger partial charge in [0.25, 0.3) is 5.56 Å². The van der Waals surface area contributed by atoms with Gasteiger partial charge < -0.3 is 5.11 Å². The molecule has 1 N–H and O–H groups in total. The molecule has 5 heteroatoms. The molecule has 4 rings (SSSR count). The molecular formula is C26H25N3O2. The first-order chi connectivity index (χ1) is 15.1. The molecule has 1 aromatic heterocycles. The molecule has 1 aliphatic carbocycles. The summed E-state index contributed by atoms with van der Waals surface area (Å²) in [4.78, 5) is 17.4. The number of nitriles is 1. The summed E-state index contributed by atoms with van der Waals surface area (Å²) in [5.74, 6) is -0.0990. The van der Waals surface area contributed by atoms with Crippen LogP contribution >= 0.6 is 0 Å². The molecule has 0 amide bonds.